The average molecular weight is 384 g/mol. The fraction of sp³-hybridized carbons (Fsp3) is 0.167. The molecule has 2 aromatic heterocycles. The van der Waals surface area contributed by atoms with Crippen molar-refractivity contribution in [3.05, 3.63) is 91.0 Å². The first-order valence-electron chi connectivity index (χ1n) is 9.61. The van der Waals surface area contributed by atoms with Crippen molar-refractivity contribution in [2.75, 3.05) is 14.1 Å². The Morgan fingerprint density at radius 1 is 0.862 bits per heavy atom. The van der Waals surface area contributed by atoms with E-state index >= 15 is 0 Å². The van der Waals surface area contributed by atoms with Crippen molar-refractivity contribution in [3.8, 4) is 28.3 Å². The number of aromatic nitrogens is 3. The highest BCUT2D eigenvalue weighted by molar-refractivity contribution is 5.78. The van der Waals surface area contributed by atoms with Crippen molar-refractivity contribution in [2.45, 2.75) is 12.6 Å². The van der Waals surface area contributed by atoms with Gasteiger partial charge in [0.05, 0.1) is 29.5 Å². The van der Waals surface area contributed by atoms with Gasteiger partial charge in [-0.3, -0.25) is 9.88 Å². The zero-order chi connectivity index (χ0) is 20.2. The molecule has 0 aliphatic carbocycles. The maximum Gasteiger partial charge on any atom is 0.115 e. The molecule has 146 valence electrons. The first-order valence-corrected chi connectivity index (χ1v) is 9.61. The molecule has 1 atom stereocenters. The molecule has 2 heterocycles. The van der Waals surface area contributed by atoms with Crippen LogP contribution in [0.15, 0.2) is 85.3 Å². The summed E-state index contributed by atoms with van der Waals surface area (Å²) in [5.41, 5.74) is 5.05. The number of hydrogen-bond acceptors (Lipinski definition) is 4. The van der Waals surface area contributed by atoms with Crippen LogP contribution in [0.5, 0.6) is 5.75 Å². The molecular formula is C24H24N4O. The molecule has 0 spiro atoms. The maximum absolute atomic E-state index is 9.74. The number of likely N-dealkylation sites (N-methyl/N-ethyl adjacent to an activating group) is 1. The number of hydrogen-bond donors (Lipinski definition) is 1. The van der Waals surface area contributed by atoms with Crippen molar-refractivity contribution in [1.29, 1.82) is 0 Å². The molecule has 1 N–H and O–H groups in total. The van der Waals surface area contributed by atoms with Crippen LogP contribution in [0, 0.1) is 0 Å². The summed E-state index contributed by atoms with van der Waals surface area (Å²) in [6.45, 7) is 0.708. The second-order valence-electron chi connectivity index (χ2n) is 7.24. The van der Waals surface area contributed by atoms with Gasteiger partial charge in [-0.1, -0.05) is 36.4 Å². The van der Waals surface area contributed by atoms with E-state index in [-0.39, 0.29) is 11.8 Å². The molecule has 0 saturated carbocycles. The summed E-state index contributed by atoms with van der Waals surface area (Å²) in [7, 11) is 4.13. The number of rotatable bonds is 6. The molecule has 0 amide bonds. The molecule has 5 heteroatoms. The van der Waals surface area contributed by atoms with Crippen molar-refractivity contribution < 1.29 is 5.11 Å². The Hall–Kier alpha value is -3.44. The summed E-state index contributed by atoms with van der Waals surface area (Å²) in [6.07, 6.45) is 3.72. The van der Waals surface area contributed by atoms with E-state index in [1.54, 1.807) is 12.1 Å². The van der Waals surface area contributed by atoms with Crippen LogP contribution in [-0.4, -0.2) is 38.6 Å². The summed E-state index contributed by atoms with van der Waals surface area (Å²) in [6, 6.07) is 23.6. The minimum absolute atomic E-state index is 0.102. The second kappa shape index (κ2) is 8.29. The molecule has 5 nitrogen and oxygen atoms in total. The molecule has 0 bridgehead atoms. The summed E-state index contributed by atoms with van der Waals surface area (Å²) in [5.74, 6) is 0.251. The van der Waals surface area contributed by atoms with E-state index in [4.69, 9.17) is 4.98 Å². The highest BCUT2D eigenvalue weighted by atomic mass is 16.3. The van der Waals surface area contributed by atoms with Gasteiger partial charge in [0.25, 0.3) is 0 Å². The van der Waals surface area contributed by atoms with Gasteiger partial charge < -0.3 is 9.67 Å². The molecule has 4 aromatic rings. The van der Waals surface area contributed by atoms with Gasteiger partial charge in [0.2, 0.25) is 0 Å². The van der Waals surface area contributed by atoms with Gasteiger partial charge in [-0.15, -0.1) is 0 Å². The highest BCUT2D eigenvalue weighted by Crippen LogP contribution is 2.33. The van der Waals surface area contributed by atoms with Crippen molar-refractivity contribution in [1.82, 2.24) is 19.4 Å². The van der Waals surface area contributed by atoms with Crippen molar-refractivity contribution >= 4 is 0 Å². The van der Waals surface area contributed by atoms with E-state index in [0.717, 1.165) is 28.2 Å². The minimum atomic E-state index is 0.102. The Balaban J connectivity index is 1.81. The Morgan fingerprint density at radius 2 is 1.59 bits per heavy atom. The molecule has 0 saturated heterocycles. The van der Waals surface area contributed by atoms with Crippen LogP contribution in [-0.2, 0) is 6.54 Å². The highest BCUT2D eigenvalue weighted by Gasteiger charge is 2.21. The Kier molecular flexibility index (Phi) is 5.40. The Bertz CT molecular complexity index is 1060. The number of phenols is 1. The first kappa shape index (κ1) is 18.9. The first-order chi connectivity index (χ1) is 14.1. The third kappa shape index (κ3) is 4.05. The standard InChI is InChI=1S/C24H24N4O/c1-27(2)22(21-10-6-7-15-25-21)16-28-17-26-23(18-8-4-3-5-9-18)24(28)19-11-13-20(29)14-12-19/h3-15,17,22,29H,16H2,1-2H3/t22-/m0/s1. The van der Waals surface area contributed by atoms with Gasteiger partial charge in [0, 0.05) is 23.9 Å². The molecule has 0 aliphatic rings. The van der Waals surface area contributed by atoms with Crippen LogP contribution in [0.4, 0.5) is 0 Å². The summed E-state index contributed by atoms with van der Waals surface area (Å²) < 4.78 is 2.17. The fourth-order valence-corrected chi connectivity index (χ4v) is 3.53. The molecule has 0 unspecified atom stereocenters. The lowest BCUT2D eigenvalue weighted by atomic mass is 10.0. The SMILES string of the molecule is CN(C)[C@@H](Cn1cnc(-c2ccccc2)c1-c1ccc(O)cc1)c1ccccn1. The van der Waals surface area contributed by atoms with Crippen LogP contribution in [0.3, 0.4) is 0 Å². The van der Waals surface area contributed by atoms with E-state index in [1.165, 1.54) is 0 Å². The van der Waals surface area contributed by atoms with E-state index in [2.05, 4.69) is 46.7 Å². The Morgan fingerprint density at radius 3 is 2.24 bits per heavy atom. The topological polar surface area (TPSA) is 54.2 Å². The third-order valence-corrected chi connectivity index (χ3v) is 5.05. The smallest absolute Gasteiger partial charge is 0.115 e. The molecule has 29 heavy (non-hydrogen) atoms. The number of nitrogens with zero attached hydrogens (tertiary/aromatic N) is 4. The molecule has 0 aliphatic heterocycles. The summed E-state index contributed by atoms with van der Waals surface area (Å²) >= 11 is 0. The molecule has 0 radical (unpaired) electrons. The van der Waals surface area contributed by atoms with Crippen LogP contribution in [0.1, 0.15) is 11.7 Å². The lowest BCUT2D eigenvalue weighted by molar-refractivity contribution is 0.264. The van der Waals surface area contributed by atoms with Gasteiger partial charge >= 0.3 is 0 Å². The fourth-order valence-electron chi connectivity index (χ4n) is 3.53. The van der Waals surface area contributed by atoms with Crippen molar-refractivity contribution in [3.63, 3.8) is 0 Å². The zero-order valence-electron chi connectivity index (χ0n) is 16.6. The van der Waals surface area contributed by atoms with Gasteiger partial charge in [0.15, 0.2) is 0 Å². The number of phenolic OH excluding ortho intramolecular Hbond substituents is 1. The number of pyridine rings is 1. The van der Waals surface area contributed by atoms with E-state index in [1.807, 2.05) is 55.0 Å². The molecular weight excluding hydrogens is 360 g/mol. The van der Waals surface area contributed by atoms with Crippen LogP contribution < -0.4 is 0 Å². The zero-order valence-corrected chi connectivity index (χ0v) is 16.6. The normalized spacial score (nSPS) is 12.2. The summed E-state index contributed by atoms with van der Waals surface area (Å²) in [5, 5.41) is 9.74. The van der Waals surface area contributed by atoms with Crippen molar-refractivity contribution in [2.24, 2.45) is 0 Å². The van der Waals surface area contributed by atoms with E-state index in [9.17, 15) is 5.11 Å². The lowest BCUT2D eigenvalue weighted by Crippen LogP contribution is -2.25. The van der Waals surface area contributed by atoms with Crippen LogP contribution >= 0.6 is 0 Å². The van der Waals surface area contributed by atoms with Crippen LogP contribution in [0.2, 0.25) is 0 Å². The monoisotopic (exact) mass is 384 g/mol. The predicted molar refractivity (Wildman–Crippen MR) is 115 cm³/mol. The van der Waals surface area contributed by atoms with Gasteiger partial charge in [-0.2, -0.15) is 0 Å². The number of imidazole rings is 1. The molecule has 4 rings (SSSR count). The Labute approximate surface area is 170 Å². The van der Waals surface area contributed by atoms with Gasteiger partial charge in [-0.05, 0) is 50.5 Å². The molecule has 0 fully saturated rings. The van der Waals surface area contributed by atoms with Crippen LogP contribution in [0.25, 0.3) is 22.5 Å². The average Bonchev–Trinajstić information content (AvgIpc) is 3.17. The summed E-state index contributed by atoms with van der Waals surface area (Å²) in [4.78, 5) is 11.5. The molecule has 2 aromatic carbocycles. The second-order valence-corrected chi connectivity index (χ2v) is 7.24. The van der Waals surface area contributed by atoms with Gasteiger partial charge in [0.1, 0.15) is 5.75 Å². The maximum atomic E-state index is 9.74. The van der Waals surface area contributed by atoms with Gasteiger partial charge in [-0.25, -0.2) is 4.98 Å². The van der Waals surface area contributed by atoms with E-state index < -0.39 is 0 Å². The lowest BCUT2D eigenvalue weighted by Gasteiger charge is -2.25. The number of benzene rings is 2. The predicted octanol–water partition coefficient (Wildman–Crippen LogP) is 4.62. The third-order valence-electron chi connectivity index (χ3n) is 5.05. The minimum Gasteiger partial charge on any atom is -0.508 e. The largest absolute Gasteiger partial charge is 0.508 e. The number of aromatic hydroxyl groups is 1. The van der Waals surface area contributed by atoms with E-state index in [0.29, 0.717) is 6.54 Å². The quantitative estimate of drug-likeness (QED) is 0.527.